The first-order valence-electron chi connectivity index (χ1n) is 4.28. The number of ketones is 1. The van der Waals surface area contributed by atoms with Crippen LogP contribution in [0, 0.1) is 10.1 Å². The molecule has 0 bridgehead atoms. The van der Waals surface area contributed by atoms with Gasteiger partial charge in [-0.3, -0.25) is 14.9 Å². The van der Waals surface area contributed by atoms with Gasteiger partial charge in [0.1, 0.15) is 0 Å². The van der Waals surface area contributed by atoms with Crippen LogP contribution in [0.3, 0.4) is 0 Å². The summed E-state index contributed by atoms with van der Waals surface area (Å²) in [6, 6.07) is 5.85. The highest BCUT2D eigenvalue weighted by atomic mass is 16.6. The standard InChI is InChI=1S/C10H10N2O3/c1-11-7-6-10(13)8-4-2-3-5-9(8)12(14)15/h2-7,11H,1H3. The third-order valence-electron chi connectivity index (χ3n) is 1.77. The number of hydrogen-bond donors (Lipinski definition) is 1. The molecule has 0 aliphatic heterocycles. The molecule has 1 aromatic rings. The number of carbonyl (C=O) groups excluding carboxylic acids is 1. The second-order valence-corrected chi connectivity index (χ2v) is 2.76. The van der Waals surface area contributed by atoms with E-state index in [4.69, 9.17) is 0 Å². The minimum atomic E-state index is -0.569. The van der Waals surface area contributed by atoms with Gasteiger partial charge in [-0.05, 0) is 6.07 Å². The van der Waals surface area contributed by atoms with E-state index in [9.17, 15) is 14.9 Å². The molecule has 1 N–H and O–H groups in total. The van der Waals surface area contributed by atoms with Gasteiger partial charge in [-0.2, -0.15) is 0 Å². The van der Waals surface area contributed by atoms with E-state index in [2.05, 4.69) is 5.32 Å². The summed E-state index contributed by atoms with van der Waals surface area (Å²) in [4.78, 5) is 21.5. The molecule has 0 spiro atoms. The highest BCUT2D eigenvalue weighted by molar-refractivity contribution is 6.07. The Balaban J connectivity index is 3.08. The van der Waals surface area contributed by atoms with E-state index < -0.39 is 10.7 Å². The van der Waals surface area contributed by atoms with Crippen molar-refractivity contribution in [2.24, 2.45) is 0 Å². The highest BCUT2D eigenvalue weighted by Crippen LogP contribution is 2.18. The first-order valence-corrected chi connectivity index (χ1v) is 4.28. The molecule has 5 nitrogen and oxygen atoms in total. The quantitative estimate of drug-likeness (QED) is 0.351. The van der Waals surface area contributed by atoms with Gasteiger partial charge in [0.15, 0.2) is 5.78 Å². The SMILES string of the molecule is CNC=CC(=O)c1ccccc1[N+](=O)[O-]. The maximum Gasteiger partial charge on any atom is 0.280 e. The fraction of sp³-hybridized carbons (Fsp3) is 0.100. The normalized spacial score (nSPS) is 10.2. The molecule has 5 heteroatoms. The van der Waals surface area contributed by atoms with Crippen LogP contribution < -0.4 is 5.32 Å². The van der Waals surface area contributed by atoms with E-state index in [0.29, 0.717) is 0 Å². The van der Waals surface area contributed by atoms with Crippen LogP contribution in [-0.2, 0) is 0 Å². The number of allylic oxidation sites excluding steroid dienone is 1. The van der Waals surface area contributed by atoms with Crippen molar-refractivity contribution in [3.63, 3.8) is 0 Å². The third-order valence-corrected chi connectivity index (χ3v) is 1.77. The van der Waals surface area contributed by atoms with Gasteiger partial charge in [-0.1, -0.05) is 12.1 Å². The van der Waals surface area contributed by atoms with Crippen molar-refractivity contribution in [1.29, 1.82) is 0 Å². The van der Waals surface area contributed by atoms with Crippen LogP contribution in [0.5, 0.6) is 0 Å². The maximum atomic E-state index is 11.5. The van der Waals surface area contributed by atoms with Crippen molar-refractivity contribution in [1.82, 2.24) is 5.32 Å². The number of carbonyl (C=O) groups is 1. The first-order chi connectivity index (χ1) is 7.16. The van der Waals surface area contributed by atoms with E-state index in [-0.39, 0.29) is 11.3 Å². The molecule has 0 unspecified atom stereocenters. The summed E-state index contributed by atoms with van der Waals surface area (Å²) in [6.45, 7) is 0. The van der Waals surface area contributed by atoms with Crippen molar-refractivity contribution in [2.75, 3.05) is 7.05 Å². The average molecular weight is 206 g/mol. The van der Waals surface area contributed by atoms with E-state index in [0.717, 1.165) is 0 Å². The fourth-order valence-corrected chi connectivity index (χ4v) is 1.09. The molecule has 0 heterocycles. The maximum absolute atomic E-state index is 11.5. The Hall–Kier alpha value is -2.17. The topological polar surface area (TPSA) is 72.2 Å². The van der Waals surface area contributed by atoms with E-state index in [1.807, 2.05) is 0 Å². The summed E-state index contributed by atoms with van der Waals surface area (Å²) in [6.07, 6.45) is 2.68. The van der Waals surface area contributed by atoms with Gasteiger partial charge in [0, 0.05) is 25.4 Å². The van der Waals surface area contributed by atoms with Gasteiger partial charge in [0.2, 0.25) is 0 Å². The van der Waals surface area contributed by atoms with Crippen molar-refractivity contribution in [3.05, 3.63) is 52.2 Å². The highest BCUT2D eigenvalue weighted by Gasteiger charge is 2.16. The van der Waals surface area contributed by atoms with Gasteiger partial charge in [-0.25, -0.2) is 0 Å². The molecule has 0 aliphatic carbocycles. The van der Waals surface area contributed by atoms with Crippen molar-refractivity contribution >= 4 is 11.5 Å². The molecule has 0 saturated heterocycles. The van der Waals surface area contributed by atoms with Gasteiger partial charge in [-0.15, -0.1) is 0 Å². The summed E-state index contributed by atoms with van der Waals surface area (Å²) in [5.41, 5.74) is -0.0859. The molecule has 1 rings (SSSR count). The van der Waals surface area contributed by atoms with Crippen molar-refractivity contribution in [2.45, 2.75) is 0 Å². The predicted octanol–water partition coefficient (Wildman–Crippen LogP) is 1.51. The molecule has 0 aromatic heterocycles. The Bertz CT molecular complexity index is 413. The minimum Gasteiger partial charge on any atom is -0.394 e. The second kappa shape index (κ2) is 4.90. The summed E-state index contributed by atoms with van der Waals surface area (Å²) < 4.78 is 0. The number of nitro groups is 1. The first kappa shape index (κ1) is 10.9. The van der Waals surface area contributed by atoms with Crippen LogP contribution in [0.25, 0.3) is 0 Å². The summed E-state index contributed by atoms with van der Waals surface area (Å²) in [5.74, 6) is -0.392. The Labute approximate surface area is 86.6 Å². The van der Waals surface area contributed by atoms with E-state index in [1.54, 1.807) is 13.1 Å². The Kier molecular flexibility index (Phi) is 3.56. The zero-order valence-electron chi connectivity index (χ0n) is 8.14. The van der Waals surface area contributed by atoms with Gasteiger partial charge in [0.05, 0.1) is 10.5 Å². The largest absolute Gasteiger partial charge is 0.394 e. The molecule has 0 aliphatic rings. The van der Waals surface area contributed by atoms with Crippen LogP contribution in [0.15, 0.2) is 36.5 Å². The molecule has 0 fully saturated rings. The van der Waals surface area contributed by atoms with Crippen LogP contribution in [0.4, 0.5) is 5.69 Å². The van der Waals surface area contributed by atoms with Crippen LogP contribution >= 0.6 is 0 Å². The zero-order valence-corrected chi connectivity index (χ0v) is 8.14. The third kappa shape index (κ3) is 2.63. The van der Waals surface area contributed by atoms with Crippen LogP contribution in [-0.4, -0.2) is 17.8 Å². The van der Waals surface area contributed by atoms with Crippen LogP contribution in [0.2, 0.25) is 0 Å². The number of benzene rings is 1. The Morgan fingerprint density at radius 1 is 1.47 bits per heavy atom. The second-order valence-electron chi connectivity index (χ2n) is 2.76. The van der Waals surface area contributed by atoms with Gasteiger partial charge >= 0.3 is 0 Å². The molecule has 78 valence electrons. The Morgan fingerprint density at radius 2 is 2.13 bits per heavy atom. The van der Waals surface area contributed by atoms with E-state index >= 15 is 0 Å². The van der Waals surface area contributed by atoms with Crippen molar-refractivity contribution < 1.29 is 9.72 Å². The molecular weight excluding hydrogens is 196 g/mol. The minimum absolute atomic E-state index is 0.0917. The number of rotatable bonds is 4. The molecular formula is C10H10N2O3. The zero-order chi connectivity index (χ0) is 11.3. The number of para-hydroxylation sites is 1. The molecule has 15 heavy (non-hydrogen) atoms. The molecule has 0 radical (unpaired) electrons. The molecule has 0 atom stereocenters. The van der Waals surface area contributed by atoms with E-state index in [1.165, 1.54) is 30.5 Å². The average Bonchev–Trinajstić information content (AvgIpc) is 2.25. The summed E-state index contributed by atoms with van der Waals surface area (Å²) in [5, 5.41) is 13.3. The summed E-state index contributed by atoms with van der Waals surface area (Å²) in [7, 11) is 1.64. The fourth-order valence-electron chi connectivity index (χ4n) is 1.09. The lowest BCUT2D eigenvalue weighted by atomic mass is 10.1. The number of nitrogens with one attached hydrogen (secondary N) is 1. The van der Waals surface area contributed by atoms with Crippen molar-refractivity contribution in [3.8, 4) is 0 Å². The Morgan fingerprint density at radius 3 is 2.73 bits per heavy atom. The number of hydrogen-bond acceptors (Lipinski definition) is 4. The predicted molar refractivity (Wildman–Crippen MR) is 55.6 cm³/mol. The number of nitro benzene ring substituents is 1. The molecule has 0 amide bonds. The monoisotopic (exact) mass is 206 g/mol. The lowest BCUT2D eigenvalue weighted by molar-refractivity contribution is -0.385. The smallest absolute Gasteiger partial charge is 0.280 e. The molecule has 1 aromatic carbocycles. The number of nitrogens with zero attached hydrogens (tertiary/aromatic N) is 1. The summed E-state index contributed by atoms with van der Waals surface area (Å²) >= 11 is 0. The van der Waals surface area contributed by atoms with Gasteiger partial charge < -0.3 is 5.32 Å². The lowest BCUT2D eigenvalue weighted by Crippen LogP contribution is -2.02. The van der Waals surface area contributed by atoms with Crippen LogP contribution in [0.1, 0.15) is 10.4 Å². The molecule has 0 saturated carbocycles. The van der Waals surface area contributed by atoms with Gasteiger partial charge in [0.25, 0.3) is 5.69 Å². The lowest BCUT2D eigenvalue weighted by Gasteiger charge is -1.97.